The van der Waals surface area contributed by atoms with Gasteiger partial charge in [-0.3, -0.25) is 4.79 Å². The van der Waals surface area contributed by atoms with Crippen LogP contribution in [0, 0.1) is 0 Å². The number of halogens is 1. The van der Waals surface area contributed by atoms with E-state index in [0.717, 1.165) is 0 Å². The van der Waals surface area contributed by atoms with Crippen LogP contribution in [0.5, 0.6) is 0 Å². The van der Waals surface area contributed by atoms with Crippen LogP contribution in [0.3, 0.4) is 0 Å². The molecule has 0 atom stereocenters. The minimum Gasteiger partial charge on any atom is -0.276 e. The summed E-state index contributed by atoms with van der Waals surface area (Å²) in [6.45, 7) is 0. The Morgan fingerprint density at radius 3 is 2.40 bits per heavy atom. The standard InChI is InChI=1S/C7H5ClOS/c8-7(9)5-3-1-2-4-6(5)10/h1-4,10H. The molecule has 0 spiro atoms. The molecule has 1 rings (SSSR count). The van der Waals surface area contributed by atoms with Crippen LogP contribution in [-0.2, 0) is 0 Å². The van der Waals surface area contributed by atoms with Gasteiger partial charge in [0, 0.05) is 10.5 Å². The van der Waals surface area contributed by atoms with E-state index in [1.165, 1.54) is 0 Å². The Kier molecular flexibility index (Phi) is 2.35. The lowest BCUT2D eigenvalue weighted by Crippen LogP contribution is -1.88. The molecule has 1 nitrogen and oxygen atoms in total. The molecule has 0 fully saturated rings. The van der Waals surface area contributed by atoms with Crippen molar-refractivity contribution >= 4 is 29.5 Å². The highest BCUT2D eigenvalue weighted by molar-refractivity contribution is 7.80. The lowest BCUT2D eigenvalue weighted by molar-refractivity contribution is 0.107. The molecule has 3 heteroatoms. The van der Waals surface area contributed by atoms with Crippen LogP contribution in [0.4, 0.5) is 0 Å². The summed E-state index contributed by atoms with van der Waals surface area (Å²) in [4.78, 5) is 11.2. The highest BCUT2D eigenvalue weighted by Crippen LogP contribution is 2.14. The molecule has 0 bridgehead atoms. The molecular weight excluding hydrogens is 168 g/mol. The molecule has 0 aromatic heterocycles. The van der Waals surface area contributed by atoms with Gasteiger partial charge < -0.3 is 0 Å². The van der Waals surface area contributed by atoms with Crippen LogP contribution in [0.25, 0.3) is 0 Å². The third kappa shape index (κ3) is 1.52. The maximum Gasteiger partial charge on any atom is 0.253 e. The number of carbonyl (C=O) groups is 1. The second kappa shape index (κ2) is 3.08. The van der Waals surface area contributed by atoms with Crippen molar-refractivity contribution in [3.63, 3.8) is 0 Å². The molecule has 0 N–H and O–H groups in total. The Morgan fingerprint density at radius 2 is 2.00 bits per heavy atom. The normalized spacial score (nSPS) is 9.40. The van der Waals surface area contributed by atoms with Crippen molar-refractivity contribution in [3.8, 4) is 0 Å². The molecule has 1 aromatic carbocycles. The van der Waals surface area contributed by atoms with Gasteiger partial charge in [-0.1, -0.05) is 12.1 Å². The zero-order valence-electron chi connectivity index (χ0n) is 5.04. The average molecular weight is 173 g/mol. The molecule has 0 saturated carbocycles. The van der Waals surface area contributed by atoms with Crippen molar-refractivity contribution in [1.29, 1.82) is 0 Å². The fourth-order valence-electron chi connectivity index (χ4n) is 0.640. The predicted octanol–water partition coefficient (Wildman–Crippen LogP) is 2.35. The Hall–Kier alpha value is -0.470. The van der Waals surface area contributed by atoms with Gasteiger partial charge >= 0.3 is 0 Å². The third-order valence-electron chi connectivity index (χ3n) is 1.12. The maximum atomic E-state index is 10.6. The first-order chi connectivity index (χ1) is 4.72. The largest absolute Gasteiger partial charge is 0.276 e. The molecule has 0 unspecified atom stereocenters. The number of carbonyl (C=O) groups excluding carboxylic acids is 1. The lowest BCUT2D eigenvalue weighted by Gasteiger charge is -1.95. The zero-order valence-corrected chi connectivity index (χ0v) is 6.69. The smallest absolute Gasteiger partial charge is 0.253 e. The highest BCUT2D eigenvalue weighted by Gasteiger charge is 2.02. The minimum absolute atomic E-state index is 0.451. The van der Waals surface area contributed by atoms with E-state index in [1.54, 1.807) is 24.3 Å². The summed E-state index contributed by atoms with van der Waals surface area (Å²) in [5.41, 5.74) is 0.451. The number of hydrogen-bond acceptors (Lipinski definition) is 2. The molecule has 0 aliphatic carbocycles. The first-order valence-electron chi connectivity index (χ1n) is 2.69. The van der Waals surface area contributed by atoms with Gasteiger partial charge in [-0.15, -0.1) is 12.6 Å². The van der Waals surface area contributed by atoms with Crippen molar-refractivity contribution in [3.05, 3.63) is 29.8 Å². The van der Waals surface area contributed by atoms with Crippen LogP contribution < -0.4 is 0 Å². The number of thiol groups is 1. The molecule has 0 amide bonds. The van der Waals surface area contributed by atoms with Crippen LogP contribution in [0.2, 0.25) is 0 Å². The number of benzene rings is 1. The molecule has 52 valence electrons. The summed E-state index contributed by atoms with van der Waals surface area (Å²) in [6.07, 6.45) is 0. The summed E-state index contributed by atoms with van der Waals surface area (Å²) >= 11 is 9.25. The summed E-state index contributed by atoms with van der Waals surface area (Å²) < 4.78 is 0. The van der Waals surface area contributed by atoms with Gasteiger partial charge in [0.1, 0.15) is 0 Å². The monoisotopic (exact) mass is 172 g/mol. The van der Waals surface area contributed by atoms with Crippen LogP contribution in [0.15, 0.2) is 29.2 Å². The summed E-state index contributed by atoms with van der Waals surface area (Å²) in [5.74, 6) is 0. The summed E-state index contributed by atoms with van der Waals surface area (Å²) in [6, 6.07) is 6.90. The molecule has 0 aliphatic heterocycles. The van der Waals surface area contributed by atoms with Gasteiger partial charge in [-0.05, 0) is 23.7 Å². The van der Waals surface area contributed by atoms with Crippen molar-refractivity contribution in [2.75, 3.05) is 0 Å². The second-order valence-corrected chi connectivity index (χ2v) is 2.62. The van der Waals surface area contributed by atoms with E-state index in [2.05, 4.69) is 12.6 Å². The second-order valence-electron chi connectivity index (χ2n) is 1.79. The molecule has 10 heavy (non-hydrogen) atoms. The Morgan fingerprint density at radius 1 is 1.40 bits per heavy atom. The Balaban J connectivity index is 3.15. The van der Waals surface area contributed by atoms with Gasteiger partial charge in [0.15, 0.2) is 0 Å². The van der Waals surface area contributed by atoms with Crippen LogP contribution >= 0.6 is 24.2 Å². The van der Waals surface area contributed by atoms with Gasteiger partial charge in [0.25, 0.3) is 5.24 Å². The molecule has 0 aliphatic rings. The van der Waals surface area contributed by atoms with Gasteiger partial charge in [0.2, 0.25) is 0 Å². The number of hydrogen-bond donors (Lipinski definition) is 1. The molecule has 0 heterocycles. The average Bonchev–Trinajstić information content (AvgIpc) is 1.88. The van der Waals surface area contributed by atoms with E-state index in [4.69, 9.17) is 11.6 Å². The molecular formula is C7H5ClOS. The van der Waals surface area contributed by atoms with Crippen molar-refractivity contribution in [1.82, 2.24) is 0 Å². The minimum atomic E-state index is -0.467. The fraction of sp³-hybridized carbons (Fsp3) is 0. The fourth-order valence-corrected chi connectivity index (χ4v) is 1.13. The molecule has 0 radical (unpaired) electrons. The summed E-state index contributed by atoms with van der Waals surface area (Å²) in [5, 5.41) is -0.467. The van der Waals surface area contributed by atoms with Gasteiger partial charge in [-0.25, -0.2) is 0 Å². The Bertz CT molecular complexity index is 260. The SMILES string of the molecule is O=C(Cl)c1ccccc1S. The van der Waals surface area contributed by atoms with Gasteiger partial charge in [0.05, 0.1) is 0 Å². The predicted molar refractivity (Wildman–Crippen MR) is 43.9 cm³/mol. The van der Waals surface area contributed by atoms with E-state index in [9.17, 15) is 4.79 Å². The van der Waals surface area contributed by atoms with E-state index in [-0.39, 0.29) is 0 Å². The lowest BCUT2D eigenvalue weighted by atomic mass is 10.2. The number of rotatable bonds is 1. The topological polar surface area (TPSA) is 17.1 Å². The molecule has 0 saturated heterocycles. The first-order valence-corrected chi connectivity index (χ1v) is 3.52. The van der Waals surface area contributed by atoms with Gasteiger partial charge in [-0.2, -0.15) is 0 Å². The van der Waals surface area contributed by atoms with Crippen LogP contribution in [0.1, 0.15) is 10.4 Å². The van der Waals surface area contributed by atoms with E-state index in [0.29, 0.717) is 10.5 Å². The molecule has 1 aromatic rings. The van der Waals surface area contributed by atoms with Crippen LogP contribution in [-0.4, -0.2) is 5.24 Å². The van der Waals surface area contributed by atoms with E-state index >= 15 is 0 Å². The van der Waals surface area contributed by atoms with E-state index in [1.807, 2.05) is 0 Å². The summed E-state index contributed by atoms with van der Waals surface area (Å²) in [7, 11) is 0. The van der Waals surface area contributed by atoms with Crippen molar-refractivity contribution in [2.45, 2.75) is 4.90 Å². The highest BCUT2D eigenvalue weighted by atomic mass is 35.5. The third-order valence-corrected chi connectivity index (χ3v) is 1.71. The van der Waals surface area contributed by atoms with Crippen molar-refractivity contribution < 1.29 is 4.79 Å². The zero-order chi connectivity index (χ0) is 7.56. The maximum absolute atomic E-state index is 10.6. The Labute approximate surface area is 69.4 Å². The van der Waals surface area contributed by atoms with E-state index < -0.39 is 5.24 Å². The first kappa shape index (κ1) is 7.63. The van der Waals surface area contributed by atoms with Crippen molar-refractivity contribution in [2.24, 2.45) is 0 Å². The quantitative estimate of drug-likeness (QED) is 0.509.